The molecule has 0 aromatic heterocycles. The van der Waals surface area contributed by atoms with E-state index in [9.17, 15) is 4.79 Å². The zero-order valence-corrected chi connectivity index (χ0v) is 18.2. The van der Waals surface area contributed by atoms with E-state index < -0.39 is 11.0 Å². The summed E-state index contributed by atoms with van der Waals surface area (Å²) in [6, 6.07) is 10.4. The molecule has 0 saturated heterocycles. The monoisotopic (exact) mass is 432 g/mol. The van der Waals surface area contributed by atoms with E-state index in [1.54, 1.807) is 38.4 Å². The van der Waals surface area contributed by atoms with Gasteiger partial charge in [0.05, 0.1) is 12.7 Å². The molecule has 2 aromatic carbocycles. The van der Waals surface area contributed by atoms with Crippen molar-refractivity contribution in [1.29, 1.82) is 0 Å². The second-order valence-electron chi connectivity index (χ2n) is 9.05. The number of nitrogens with two attached hydrogens (primary N) is 1. The fourth-order valence-corrected chi connectivity index (χ4v) is 5.99. The topological polar surface area (TPSA) is 72.3 Å². The number of halogens is 1. The van der Waals surface area contributed by atoms with Crippen molar-refractivity contribution in [2.24, 2.45) is 16.1 Å². The molecule has 1 fully saturated rings. The van der Waals surface area contributed by atoms with Crippen LogP contribution in [0.2, 0.25) is 0 Å². The van der Waals surface area contributed by atoms with Crippen molar-refractivity contribution in [3.05, 3.63) is 64.8 Å². The maximum atomic E-state index is 15.3. The van der Waals surface area contributed by atoms with Crippen molar-refractivity contribution in [3.63, 3.8) is 0 Å². The summed E-state index contributed by atoms with van der Waals surface area (Å²) in [7, 11) is 3.33. The van der Waals surface area contributed by atoms with Gasteiger partial charge >= 0.3 is 0 Å². The molecule has 1 atom stereocenters. The summed E-state index contributed by atoms with van der Waals surface area (Å²) >= 11 is 0. The number of carbonyl (C=O) groups excluding carboxylic acids is 1. The largest absolute Gasteiger partial charge is 0.381 e. The predicted octanol–water partition coefficient (Wildman–Crippen LogP) is 4.16. The van der Waals surface area contributed by atoms with Crippen LogP contribution in [0.15, 0.2) is 41.4 Å². The maximum Gasteiger partial charge on any atom is 0.262 e. The molecule has 0 bridgehead atoms. The van der Waals surface area contributed by atoms with E-state index in [0.717, 1.165) is 24.0 Å². The summed E-state index contributed by atoms with van der Waals surface area (Å²) in [5, 5.41) is 0. The van der Waals surface area contributed by atoms with Gasteiger partial charge in [-0.3, -0.25) is 9.69 Å². The summed E-state index contributed by atoms with van der Waals surface area (Å²) in [6.07, 6.45) is 3.49. The number of aliphatic imine (C=N–C) groups is 1. The van der Waals surface area contributed by atoms with E-state index in [4.69, 9.17) is 22.0 Å². The van der Waals surface area contributed by atoms with Crippen molar-refractivity contribution >= 4 is 17.6 Å². The van der Waals surface area contributed by atoms with Crippen LogP contribution in [-0.4, -0.2) is 37.0 Å². The van der Waals surface area contributed by atoms with Crippen LogP contribution in [0.3, 0.4) is 0 Å². The van der Waals surface area contributed by atoms with Crippen molar-refractivity contribution in [3.8, 4) is 11.1 Å². The van der Waals surface area contributed by atoms with Gasteiger partial charge in [0.25, 0.3) is 5.91 Å². The third-order valence-corrected chi connectivity index (χ3v) is 7.65. The third-order valence-electron chi connectivity index (χ3n) is 7.65. The van der Waals surface area contributed by atoms with Gasteiger partial charge in [0.15, 0.2) is 17.2 Å². The molecule has 2 aromatic rings. The lowest BCUT2D eigenvalue weighted by Crippen LogP contribution is -2.51. The summed E-state index contributed by atoms with van der Waals surface area (Å²) in [5.41, 5.74) is 7.49. The SMILES string of the molecule is [C-]#[N+]c1cccc(-c2ccc(F)c3c2C2(N=C(N)N(C)C2=O)[C@]2(CC[C@H](OC)CC2)C3)c1. The van der Waals surface area contributed by atoms with Crippen molar-refractivity contribution < 1.29 is 13.9 Å². The number of amides is 1. The van der Waals surface area contributed by atoms with Gasteiger partial charge < -0.3 is 10.5 Å². The van der Waals surface area contributed by atoms with E-state index in [1.165, 1.54) is 11.0 Å². The van der Waals surface area contributed by atoms with E-state index in [2.05, 4.69) is 4.85 Å². The summed E-state index contributed by atoms with van der Waals surface area (Å²) in [6.45, 7) is 7.38. The zero-order valence-electron chi connectivity index (χ0n) is 18.2. The van der Waals surface area contributed by atoms with Gasteiger partial charge in [-0.2, -0.15) is 0 Å². The number of nitrogens with zero attached hydrogens (tertiary/aromatic N) is 3. The molecular weight excluding hydrogens is 407 g/mol. The molecule has 32 heavy (non-hydrogen) atoms. The highest BCUT2D eigenvalue weighted by atomic mass is 19.1. The minimum atomic E-state index is -1.27. The van der Waals surface area contributed by atoms with E-state index in [0.29, 0.717) is 36.1 Å². The highest BCUT2D eigenvalue weighted by Crippen LogP contribution is 2.63. The molecule has 3 aliphatic rings. The molecule has 1 saturated carbocycles. The Balaban J connectivity index is 1.79. The summed E-state index contributed by atoms with van der Waals surface area (Å²) in [4.78, 5) is 23.6. The Morgan fingerprint density at radius 1 is 1.28 bits per heavy atom. The van der Waals surface area contributed by atoms with Crippen molar-refractivity contribution in [2.75, 3.05) is 14.2 Å². The minimum absolute atomic E-state index is 0.122. The Morgan fingerprint density at radius 2 is 2.03 bits per heavy atom. The molecule has 1 amide bonds. The first-order valence-corrected chi connectivity index (χ1v) is 10.8. The Labute approximate surface area is 186 Å². The number of methoxy groups -OCH3 is 1. The van der Waals surface area contributed by atoms with Crippen LogP contribution in [0.25, 0.3) is 16.0 Å². The molecule has 164 valence electrons. The molecule has 6 nitrogen and oxygen atoms in total. The third kappa shape index (κ3) is 2.59. The van der Waals surface area contributed by atoms with Crippen LogP contribution in [0.5, 0.6) is 0 Å². The van der Waals surface area contributed by atoms with E-state index >= 15 is 4.39 Å². The highest BCUT2D eigenvalue weighted by molar-refractivity contribution is 6.09. The number of benzene rings is 2. The lowest BCUT2D eigenvalue weighted by atomic mass is 9.61. The van der Waals surface area contributed by atoms with Crippen molar-refractivity contribution in [2.45, 2.75) is 43.7 Å². The number of fused-ring (bicyclic) bond motifs is 3. The van der Waals surface area contributed by atoms with Gasteiger partial charge in [-0.1, -0.05) is 24.3 Å². The number of hydrogen-bond donors (Lipinski definition) is 1. The molecule has 2 spiro atoms. The normalized spacial score (nSPS) is 28.8. The first kappa shape index (κ1) is 20.7. The van der Waals surface area contributed by atoms with Gasteiger partial charge in [0, 0.05) is 25.1 Å². The molecule has 0 radical (unpaired) electrons. The number of guanidine groups is 1. The average molecular weight is 432 g/mol. The average Bonchev–Trinajstić information content (AvgIpc) is 3.22. The van der Waals surface area contributed by atoms with E-state index in [-0.39, 0.29) is 23.8 Å². The molecule has 7 heteroatoms. The molecule has 5 rings (SSSR count). The fraction of sp³-hybridized carbons (Fsp3) is 0.400. The number of likely N-dealkylation sites (N-methyl/N-ethyl adjacent to an activating group) is 1. The van der Waals surface area contributed by atoms with Crippen LogP contribution in [0.1, 0.15) is 36.8 Å². The van der Waals surface area contributed by atoms with Gasteiger partial charge in [-0.25, -0.2) is 14.2 Å². The van der Waals surface area contributed by atoms with Crippen LogP contribution >= 0.6 is 0 Å². The first-order chi connectivity index (χ1) is 15.4. The van der Waals surface area contributed by atoms with Gasteiger partial charge in [-0.15, -0.1) is 0 Å². The second kappa shape index (κ2) is 7.14. The predicted molar refractivity (Wildman–Crippen MR) is 120 cm³/mol. The van der Waals surface area contributed by atoms with Crippen LogP contribution in [-0.2, 0) is 21.5 Å². The second-order valence-corrected chi connectivity index (χ2v) is 9.05. The van der Waals surface area contributed by atoms with Crippen LogP contribution in [0.4, 0.5) is 10.1 Å². The fourth-order valence-electron chi connectivity index (χ4n) is 5.99. The standard InChI is InChI=1S/C25H25FN4O2/c1-28-16-6-4-5-15(13-16)18-7-8-20(26)19-14-24(11-9-17(32-3)10-12-24)25(21(18)19)22(31)30(2)23(27)29-25/h4-8,13,17H,9-12,14H2,2-3H3,(H2,27,29)/t17-,24-,25?. The quantitative estimate of drug-likeness (QED) is 0.725. The first-order valence-electron chi connectivity index (χ1n) is 10.8. The number of hydrogen-bond acceptors (Lipinski definition) is 4. The zero-order chi connectivity index (χ0) is 22.7. The van der Waals surface area contributed by atoms with Gasteiger partial charge in [0.2, 0.25) is 0 Å². The van der Waals surface area contributed by atoms with Gasteiger partial charge in [0.1, 0.15) is 5.82 Å². The van der Waals surface area contributed by atoms with E-state index in [1.807, 2.05) is 6.07 Å². The molecule has 2 N–H and O–H groups in total. The maximum absolute atomic E-state index is 15.3. The smallest absolute Gasteiger partial charge is 0.262 e. The molecule has 1 aliphatic heterocycles. The summed E-state index contributed by atoms with van der Waals surface area (Å²) < 4.78 is 20.9. The molecular formula is C25H25FN4O2. The Bertz CT molecular complexity index is 1190. The van der Waals surface area contributed by atoms with Crippen LogP contribution in [0, 0.1) is 17.8 Å². The van der Waals surface area contributed by atoms with Crippen LogP contribution < -0.4 is 5.73 Å². The van der Waals surface area contributed by atoms with Crippen molar-refractivity contribution in [1.82, 2.24) is 4.90 Å². The Morgan fingerprint density at radius 3 is 2.66 bits per heavy atom. The molecule has 1 heterocycles. The number of rotatable bonds is 2. The minimum Gasteiger partial charge on any atom is -0.381 e. The Kier molecular flexibility index (Phi) is 4.61. The molecule has 2 aliphatic carbocycles. The lowest BCUT2D eigenvalue weighted by molar-refractivity contribution is -0.137. The highest BCUT2D eigenvalue weighted by Gasteiger charge is 2.67. The summed E-state index contributed by atoms with van der Waals surface area (Å²) in [5.74, 6) is -0.384. The lowest BCUT2D eigenvalue weighted by Gasteiger charge is -2.45. The molecule has 1 unspecified atom stereocenters. The number of carbonyl (C=O) groups is 1. The Hall–Kier alpha value is -3.24. The number of ether oxygens (including phenoxy) is 1. The van der Waals surface area contributed by atoms with Gasteiger partial charge in [-0.05, 0) is 60.9 Å².